The van der Waals surface area contributed by atoms with E-state index in [1.54, 1.807) is 18.2 Å². The van der Waals surface area contributed by atoms with Gasteiger partial charge in [-0.05, 0) is 53.1 Å². The van der Waals surface area contributed by atoms with Crippen molar-refractivity contribution in [2.45, 2.75) is 31.2 Å². The topological polar surface area (TPSA) is 105 Å². The predicted molar refractivity (Wildman–Crippen MR) is 131 cm³/mol. The van der Waals surface area contributed by atoms with Gasteiger partial charge < -0.3 is 20.5 Å². The van der Waals surface area contributed by atoms with E-state index < -0.39 is 12.1 Å². The minimum atomic E-state index is -1.11. The number of benzene rings is 3. The number of ether oxygens (including phenoxy) is 1. The van der Waals surface area contributed by atoms with Gasteiger partial charge in [-0.2, -0.15) is 0 Å². The second-order valence-electron chi connectivity index (χ2n) is 9.02. The summed E-state index contributed by atoms with van der Waals surface area (Å²) in [6, 6.07) is 22.2. The van der Waals surface area contributed by atoms with Gasteiger partial charge in [0.1, 0.15) is 6.61 Å². The van der Waals surface area contributed by atoms with Gasteiger partial charge in [-0.15, -0.1) is 0 Å². The molecule has 2 aliphatic rings. The lowest BCUT2D eigenvalue weighted by atomic mass is 9.98. The Morgan fingerprint density at radius 3 is 2.11 bits per heavy atom. The number of carbonyl (C=O) groups excluding carboxylic acids is 2. The molecule has 0 spiro atoms. The fourth-order valence-electron chi connectivity index (χ4n) is 4.81. The zero-order valence-corrected chi connectivity index (χ0v) is 19.1. The van der Waals surface area contributed by atoms with Crippen molar-refractivity contribution in [1.29, 1.82) is 0 Å². The highest BCUT2D eigenvalue weighted by Crippen LogP contribution is 2.44. The summed E-state index contributed by atoms with van der Waals surface area (Å²) >= 11 is 0. The number of alkyl carbamates (subject to hydrolysis) is 1. The van der Waals surface area contributed by atoms with Crippen LogP contribution in [0.3, 0.4) is 0 Å². The number of nitrogens with one attached hydrogen (secondary N) is 2. The lowest BCUT2D eigenvalue weighted by Crippen LogP contribution is -2.40. The summed E-state index contributed by atoms with van der Waals surface area (Å²) in [5.41, 5.74) is 4.85. The summed E-state index contributed by atoms with van der Waals surface area (Å²) in [5.74, 6) is -1.30. The molecule has 2 aliphatic carbocycles. The number of carbonyl (C=O) groups is 3. The van der Waals surface area contributed by atoms with Crippen molar-refractivity contribution in [2.24, 2.45) is 5.92 Å². The van der Waals surface area contributed by atoms with Crippen LogP contribution in [0.2, 0.25) is 0 Å². The van der Waals surface area contributed by atoms with Crippen molar-refractivity contribution in [3.63, 3.8) is 0 Å². The van der Waals surface area contributed by atoms with Gasteiger partial charge in [0.2, 0.25) is 5.91 Å². The fraction of sp³-hybridized carbons (Fsp3) is 0.250. The summed E-state index contributed by atoms with van der Waals surface area (Å²) < 4.78 is 5.64. The minimum Gasteiger partial charge on any atom is -0.478 e. The zero-order chi connectivity index (χ0) is 24.4. The van der Waals surface area contributed by atoms with Crippen LogP contribution in [0.1, 0.15) is 46.7 Å². The van der Waals surface area contributed by atoms with Gasteiger partial charge in [0.05, 0.1) is 11.3 Å². The van der Waals surface area contributed by atoms with Crippen molar-refractivity contribution < 1.29 is 24.2 Å². The molecule has 7 heteroatoms. The molecule has 0 bridgehead atoms. The van der Waals surface area contributed by atoms with Crippen molar-refractivity contribution in [3.05, 3.63) is 89.5 Å². The van der Waals surface area contributed by atoms with Crippen LogP contribution in [-0.4, -0.2) is 35.7 Å². The number of anilines is 1. The van der Waals surface area contributed by atoms with Crippen LogP contribution in [0.15, 0.2) is 72.8 Å². The fourth-order valence-corrected chi connectivity index (χ4v) is 4.81. The Balaban J connectivity index is 1.21. The molecule has 0 saturated heterocycles. The van der Waals surface area contributed by atoms with E-state index in [9.17, 15) is 19.5 Å². The first-order valence-corrected chi connectivity index (χ1v) is 11.7. The standard InChI is InChI=1S/C28H26N2O5/c31-26(29-24-12-6-5-11-22(24)27(32)33)15-25(17-13-14-17)30-28(34)35-16-23-20-9-3-1-7-18(20)19-8-2-4-10-21(19)23/h1-12,17,23,25H,13-16H2,(H,29,31)(H,30,34)(H,32,33). The maximum Gasteiger partial charge on any atom is 0.407 e. The molecule has 1 atom stereocenters. The van der Waals surface area contributed by atoms with Crippen molar-refractivity contribution >= 4 is 23.7 Å². The molecule has 0 radical (unpaired) electrons. The first-order chi connectivity index (χ1) is 17.0. The third-order valence-corrected chi connectivity index (χ3v) is 6.67. The molecule has 0 heterocycles. The molecule has 0 aliphatic heterocycles. The minimum absolute atomic E-state index is 0.0216. The zero-order valence-electron chi connectivity index (χ0n) is 19.1. The summed E-state index contributed by atoms with van der Waals surface area (Å²) in [4.78, 5) is 36.8. The normalized spacial score (nSPS) is 15.0. The SMILES string of the molecule is O=C(CC(NC(=O)OCC1c2ccccc2-c2ccccc21)C1CC1)Nc1ccccc1C(=O)O. The smallest absolute Gasteiger partial charge is 0.407 e. The van der Waals surface area contributed by atoms with Gasteiger partial charge in [0.25, 0.3) is 0 Å². The number of fused-ring (bicyclic) bond motifs is 3. The lowest BCUT2D eigenvalue weighted by Gasteiger charge is -2.20. The van der Waals surface area contributed by atoms with Crippen molar-refractivity contribution in [2.75, 3.05) is 11.9 Å². The molecule has 35 heavy (non-hydrogen) atoms. The molecule has 5 rings (SSSR count). The van der Waals surface area contributed by atoms with E-state index in [1.165, 1.54) is 6.07 Å². The number of hydrogen-bond acceptors (Lipinski definition) is 4. The Labute approximate surface area is 203 Å². The van der Waals surface area contributed by atoms with E-state index in [-0.39, 0.29) is 48.1 Å². The van der Waals surface area contributed by atoms with Crippen LogP contribution < -0.4 is 10.6 Å². The van der Waals surface area contributed by atoms with Gasteiger partial charge >= 0.3 is 12.1 Å². The number of amides is 2. The molecule has 7 nitrogen and oxygen atoms in total. The molecule has 2 amide bonds. The number of para-hydroxylation sites is 1. The highest BCUT2D eigenvalue weighted by atomic mass is 16.5. The summed E-state index contributed by atoms with van der Waals surface area (Å²) in [7, 11) is 0. The number of hydrogen-bond donors (Lipinski definition) is 3. The van der Waals surface area contributed by atoms with Crippen LogP contribution >= 0.6 is 0 Å². The van der Waals surface area contributed by atoms with E-state index in [0.29, 0.717) is 0 Å². The summed E-state index contributed by atoms with van der Waals surface area (Å²) in [5, 5.41) is 14.9. The third kappa shape index (κ3) is 4.89. The Morgan fingerprint density at radius 1 is 0.886 bits per heavy atom. The average Bonchev–Trinajstić information content (AvgIpc) is 3.65. The van der Waals surface area contributed by atoms with Crippen LogP contribution in [0.4, 0.5) is 10.5 Å². The number of carboxylic acids is 1. The van der Waals surface area contributed by atoms with Crippen molar-refractivity contribution in [3.8, 4) is 11.1 Å². The van der Waals surface area contributed by atoms with Crippen LogP contribution in [0, 0.1) is 5.92 Å². The maximum atomic E-state index is 12.7. The molecule has 3 N–H and O–H groups in total. The van der Waals surface area contributed by atoms with Crippen LogP contribution in [-0.2, 0) is 9.53 Å². The predicted octanol–water partition coefficient (Wildman–Crippen LogP) is 5.03. The van der Waals surface area contributed by atoms with E-state index in [0.717, 1.165) is 35.1 Å². The summed E-state index contributed by atoms with van der Waals surface area (Å²) in [6.07, 6.45) is 1.34. The Hall–Kier alpha value is -4.13. The average molecular weight is 471 g/mol. The monoisotopic (exact) mass is 470 g/mol. The number of aromatic carboxylic acids is 1. The maximum absolute atomic E-state index is 12.7. The Morgan fingerprint density at radius 2 is 1.49 bits per heavy atom. The molecule has 1 fully saturated rings. The Kier molecular flexibility index (Phi) is 6.23. The molecule has 1 saturated carbocycles. The second kappa shape index (κ2) is 9.62. The van der Waals surface area contributed by atoms with Gasteiger partial charge in [-0.3, -0.25) is 4.79 Å². The first kappa shape index (κ1) is 22.7. The molecule has 3 aromatic rings. The van der Waals surface area contributed by atoms with Gasteiger partial charge in [0.15, 0.2) is 0 Å². The van der Waals surface area contributed by atoms with Gasteiger partial charge in [0, 0.05) is 18.4 Å². The lowest BCUT2D eigenvalue weighted by molar-refractivity contribution is -0.116. The molecule has 0 aromatic heterocycles. The Bertz CT molecular complexity index is 1240. The molecular weight excluding hydrogens is 444 g/mol. The third-order valence-electron chi connectivity index (χ3n) is 6.67. The van der Waals surface area contributed by atoms with Crippen LogP contribution in [0.5, 0.6) is 0 Å². The highest BCUT2D eigenvalue weighted by Gasteiger charge is 2.35. The number of rotatable bonds is 8. The molecule has 178 valence electrons. The van der Waals surface area contributed by atoms with E-state index in [1.807, 2.05) is 24.3 Å². The van der Waals surface area contributed by atoms with Crippen LogP contribution in [0.25, 0.3) is 11.1 Å². The largest absolute Gasteiger partial charge is 0.478 e. The number of carboxylic acid groups (broad SMARTS) is 1. The molecule has 1 unspecified atom stereocenters. The van der Waals surface area contributed by atoms with Crippen molar-refractivity contribution in [1.82, 2.24) is 5.32 Å². The van der Waals surface area contributed by atoms with Gasteiger partial charge in [-0.25, -0.2) is 9.59 Å². The first-order valence-electron chi connectivity index (χ1n) is 11.7. The van der Waals surface area contributed by atoms with Gasteiger partial charge in [-0.1, -0.05) is 60.7 Å². The molecule has 3 aromatic carbocycles. The quantitative estimate of drug-likeness (QED) is 0.428. The van der Waals surface area contributed by atoms with E-state index in [4.69, 9.17) is 4.74 Å². The van der Waals surface area contributed by atoms with E-state index >= 15 is 0 Å². The summed E-state index contributed by atoms with van der Waals surface area (Å²) in [6.45, 7) is 0.204. The second-order valence-corrected chi connectivity index (χ2v) is 9.02. The molecular formula is C28H26N2O5. The van der Waals surface area contributed by atoms with E-state index in [2.05, 4.69) is 34.9 Å². The highest BCUT2D eigenvalue weighted by molar-refractivity contribution is 6.00.